The molecule has 1 aromatic carbocycles. The Morgan fingerprint density at radius 3 is 2.79 bits per heavy atom. The summed E-state index contributed by atoms with van der Waals surface area (Å²) in [5, 5.41) is 15.6. The second-order valence-corrected chi connectivity index (χ2v) is 6.42. The Hall–Kier alpha value is -3.79. The zero-order valence-electron chi connectivity index (χ0n) is 16.4. The van der Waals surface area contributed by atoms with Gasteiger partial charge in [-0.3, -0.25) is 4.79 Å². The Balaban J connectivity index is 1.62. The molecule has 3 aromatic rings. The Labute approximate surface area is 169 Å². The molecule has 1 amide bonds. The van der Waals surface area contributed by atoms with Crippen LogP contribution in [0.25, 0.3) is 6.08 Å². The lowest BCUT2D eigenvalue weighted by atomic mass is 10.2. The van der Waals surface area contributed by atoms with Gasteiger partial charge in [-0.05, 0) is 49.2 Å². The Morgan fingerprint density at radius 2 is 2.14 bits per heavy atom. The van der Waals surface area contributed by atoms with Gasteiger partial charge in [-0.15, -0.1) is 0 Å². The van der Waals surface area contributed by atoms with Gasteiger partial charge in [0.05, 0.1) is 6.54 Å². The minimum Gasteiger partial charge on any atom is -0.492 e. The Bertz CT molecular complexity index is 1040. The van der Waals surface area contributed by atoms with Gasteiger partial charge in [-0.25, -0.2) is 0 Å². The minimum atomic E-state index is -0.541. The van der Waals surface area contributed by atoms with Gasteiger partial charge >= 0.3 is 0 Å². The molecular weight excluding hydrogens is 368 g/mol. The van der Waals surface area contributed by atoms with Crippen LogP contribution in [0.3, 0.4) is 0 Å². The first-order valence-corrected chi connectivity index (χ1v) is 9.32. The summed E-state index contributed by atoms with van der Waals surface area (Å²) in [7, 11) is 0. The van der Waals surface area contributed by atoms with Gasteiger partial charge in [-0.2, -0.15) is 5.26 Å². The fourth-order valence-corrected chi connectivity index (χ4v) is 2.75. The number of benzene rings is 1. The maximum absolute atomic E-state index is 12.3. The maximum atomic E-state index is 12.3. The molecule has 148 valence electrons. The van der Waals surface area contributed by atoms with Crippen LogP contribution < -0.4 is 10.1 Å². The second kappa shape index (κ2) is 9.42. The highest BCUT2D eigenvalue weighted by Crippen LogP contribution is 2.14. The lowest BCUT2D eigenvalue weighted by molar-refractivity contribution is -0.112. The number of anilines is 1. The van der Waals surface area contributed by atoms with Crippen molar-refractivity contribution in [3.8, 4) is 11.8 Å². The van der Waals surface area contributed by atoms with Crippen LogP contribution in [-0.4, -0.2) is 22.2 Å². The van der Waals surface area contributed by atoms with E-state index in [-0.39, 0.29) is 11.4 Å². The number of amides is 1. The fourth-order valence-electron chi connectivity index (χ4n) is 2.75. The second-order valence-electron chi connectivity index (χ2n) is 6.42. The van der Waals surface area contributed by atoms with E-state index in [0.717, 1.165) is 17.9 Å². The van der Waals surface area contributed by atoms with Crippen molar-refractivity contribution in [3.05, 3.63) is 71.3 Å². The van der Waals surface area contributed by atoms with E-state index in [9.17, 15) is 10.1 Å². The minimum absolute atomic E-state index is 0.0262. The van der Waals surface area contributed by atoms with E-state index in [1.165, 1.54) is 11.6 Å². The number of ether oxygens (including phenoxy) is 1. The van der Waals surface area contributed by atoms with Crippen LogP contribution in [0.15, 0.2) is 58.8 Å². The van der Waals surface area contributed by atoms with Gasteiger partial charge < -0.3 is 19.1 Å². The van der Waals surface area contributed by atoms with Crippen molar-refractivity contribution >= 4 is 17.8 Å². The molecule has 0 radical (unpaired) electrons. The lowest BCUT2D eigenvalue weighted by Crippen LogP contribution is -2.14. The van der Waals surface area contributed by atoms with Crippen LogP contribution in [0.1, 0.15) is 23.9 Å². The molecular formula is C22H22N4O3. The molecule has 0 spiro atoms. The fraction of sp³-hybridized carbons (Fsp3) is 0.227. The molecule has 0 saturated carbocycles. The summed E-state index contributed by atoms with van der Waals surface area (Å²) >= 11 is 0. The smallest absolute Gasteiger partial charge is 0.267 e. The maximum Gasteiger partial charge on any atom is 0.267 e. The Morgan fingerprint density at radius 1 is 1.34 bits per heavy atom. The van der Waals surface area contributed by atoms with Crippen molar-refractivity contribution < 1.29 is 14.1 Å². The van der Waals surface area contributed by atoms with Gasteiger partial charge in [0.2, 0.25) is 0 Å². The number of aryl methyl sites for hydroxylation is 2. The van der Waals surface area contributed by atoms with E-state index in [0.29, 0.717) is 18.9 Å². The molecule has 7 nitrogen and oxygen atoms in total. The summed E-state index contributed by atoms with van der Waals surface area (Å²) in [5.41, 5.74) is 1.97. The van der Waals surface area contributed by atoms with Crippen molar-refractivity contribution in [3.63, 3.8) is 0 Å². The summed E-state index contributed by atoms with van der Waals surface area (Å²) < 4.78 is 12.6. The molecule has 7 heteroatoms. The van der Waals surface area contributed by atoms with Crippen LogP contribution in [0.5, 0.6) is 5.75 Å². The first kappa shape index (κ1) is 20.0. The zero-order chi connectivity index (χ0) is 20.6. The average Bonchev–Trinajstić information content (AvgIpc) is 3.35. The highest BCUT2D eigenvalue weighted by atomic mass is 16.5. The number of nitrogens with zero attached hydrogens (tertiary/aromatic N) is 3. The predicted molar refractivity (Wildman–Crippen MR) is 109 cm³/mol. The van der Waals surface area contributed by atoms with E-state index in [1.807, 2.05) is 53.2 Å². The summed E-state index contributed by atoms with van der Waals surface area (Å²) in [4.78, 5) is 12.3. The van der Waals surface area contributed by atoms with Gasteiger partial charge in [0.1, 0.15) is 29.8 Å². The monoisotopic (exact) mass is 390 g/mol. The number of carbonyl (C=O) groups excluding carboxylic acids is 1. The molecule has 0 atom stereocenters. The molecule has 29 heavy (non-hydrogen) atoms. The van der Waals surface area contributed by atoms with Crippen molar-refractivity contribution in [1.29, 1.82) is 5.26 Å². The molecule has 0 aliphatic heterocycles. The van der Waals surface area contributed by atoms with Crippen LogP contribution in [0, 0.1) is 18.3 Å². The molecule has 2 heterocycles. The van der Waals surface area contributed by atoms with Gasteiger partial charge in [0.15, 0.2) is 5.82 Å². The molecule has 2 aromatic heterocycles. The quantitative estimate of drug-likeness (QED) is 0.464. The highest BCUT2D eigenvalue weighted by Gasteiger charge is 2.13. The number of rotatable bonds is 8. The number of nitriles is 1. The molecule has 0 unspecified atom stereocenters. The highest BCUT2D eigenvalue weighted by molar-refractivity contribution is 6.09. The molecule has 0 saturated heterocycles. The molecule has 0 bridgehead atoms. The number of carbonyl (C=O) groups is 1. The molecule has 0 aliphatic rings. The summed E-state index contributed by atoms with van der Waals surface area (Å²) in [6, 6.07) is 15.2. The number of nitrogens with one attached hydrogen (secondary N) is 1. The van der Waals surface area contributed by atoms with E-state index < -0.39 is 5.91 Å². The third-order valence-electron chi connectivity index (χ3n) is 4.32. The number of hydrogen-bond acceptors (Lipinski definition) is 5. The molecule has 1 N–H and O–H groups in total. The van der Waals surface area contributed by atoms with E-state index in [2.05, 4.69) is 17.4 Å². The third kappa shape index (κ3) is 5.36. The Kier molecular flexibility index (Phi) is 6.48. The van der Waals surface area contributed by atoms with Crippen LogP contribution in [0.4, 0.5) is 5.82 Å². The van der Waals surface area contributed by atoms with Crippen LogP contribution in [0.2, 0.25) is 0 Å². The first-order valence-electron chi connectivity index (χ1n) is 9.32. The van der Waals surface area contributed by atoms with Gasteiger partial charge in [0.25, 0.3) is 5.91 Å². The lowest BCUT2D eigenvalue weighted by Gasteiger charge is -2.10. The first-order chi connectivity index (χ1) is 14.1. The van der Waals surface area contributed by atoms with Crippen molar-refractivity contribution in [2.75, 3.05) is 11.9 Å². The largest absolute Gasteiger partial charge is 0.492 e. The summed E-state index contributed by atoms with van der Waals surface area (Å²) in [6.07, 6.45) is 4.41. The SMILES string of the molecule is CCc1ccc(OCCn2cccc2/C=C(/C#N)C(=O)Nc2cc(C)on2)cc1. The summed E-state index contributed by atoms with van der Waals surface area (Å²) in [5.74, 6) is 1.11. The topological polar surface area (TPSA) is 93.1 Å². The summed E-state index contributed by atoms with van der Waals surface area (Å²) in [6.45, 7) is 4.88. The van der Waals surface area contributed by atoms with Crippen LogP contribution in [-0.2, 0) is 17.8 Å². The molecule has 0 fully saturated rings. The predicted octanol–water partition coefficient (Wildman–Crippen LogP) is 3.97. The average molecular weight is 390 g/mol. The third-order valence-corrected chi connectivity index (χ3v) is 4.32. The van der Waals surface area contributed by atoms with Gasteiger partial charge in [0, 0.05) is 18.0 Å². The van der Waals surface area contributed by atoms with E-state index in [1.54, 1.807) is 13.0 Å². The van der Waals surface area contributed by atoms with E-state index in [4.69, 9.17) is 9.26 Å². The number of aromatic nitrogens is 2. The zero-order valence-corrected chi connectivity index (χ0v) is 16.4. The molecule has 0 aliphatic carbocycles. The van der Waals surface area contributed by atoms with Crippen molar-refractivity contribution in [2.24, 2.45) is 0 Å². The normalized spacial score (nSPS) is 11.1. The van der Waals surface area contributed by atoms with Gasteiger partial charge in [-0.1, -0.05) is 24.2 Å². The van der Waals surface area contributed by atoms with Crippen molar-refractivity contribution in [2.45, 2.75) is 26.8 Å². The number of hydrogen-bond donors (Lipinski definition) is 1. The van der Waals surface area contributed by atoms with E-state index >= 15 is 0 Å². The van der Waals surface area contributed by atoms with Crippen molar-refractivity contribution in [1.82, 2.24) is 9.72 Å². The standard InChI is InChI=1S/C22H22N4O3/c1-3-17-6-8-20(9-7-17)28-12-11-26-10-4-5-19(26)14-18(15-23)22(27)24-21-13-16(2)29-25-21/h4-10,13-14H,3,11-12H2,1-2H3,(H,24,25,27)/b18-14-. The molecule has 3 rings (SSSR count). The van der Waals surface area contributed by atoms with Crippen LogP contribution >= 0.6 is 0 Å².